The van der Waals surface area contributed by atoms with Crippen molar-refractivity contribution in [2.24, 2.45) is 0 Å². The van der Waals surface area contributed by atoms with E-state index in [1.54, 1.807) is 11.3 Å². The highest BCUT2D eigenvalue weighted by Crippen LogP contribution is 2.45. The second kappa shape index (κ2) is 4.69. The van der Waals surface area contributed by atoms with Crippen molar-refractivity contribution in [2.45, 2.75) is 31.1 Å². The topological polar surface area (TPSA) is 17.1 Å². The van der Waals surface area contributed by atoms with Crippen LogP contribution in [-0.4, -0.2) is 5.78 Å². The van der Waals surface area contributed by atoms with Crippen LogP contribution >= 0.6 is 11.3 Å². The van der Waals surface area contributed by atoms with Gasteiger partial charge in [0.15, 0.2) is 0 Å². The summed E-state index contributed by atoms with van der Waals surface area (Å²) in [6, 6.07) is 12.3. The van der Waals surface area contributed by atoms with Gasteiger partial charge in [-0.2, -0.15) is 11.3 Å². The Labute approximate surface area is 111 Å². The van der Waals surface area contributed by atoms with Gasteiger partial charge in [0.25, 0.3) is 0 Å². The molecule has 0 spiro atoms. The molecule has 1 aromatic carbocycles. The Morgan fingerprint density at radius 1 is 1.17 bits per heavy atom. The monoisotopic (exact) mass is 256 g/mol. The maximum absolute atomic E-state index is 12.6. The minimum absolute atomic E-state index is 0.191. The van der Waals surface area contributed by atoms with E-state index in [1.807, 2.05) is 23.6 Å². The van der Waals surface area contributed by atoms with Gasteiger partial charge in [0.1, 0.15) is 5.78 Å². The van der Waals surface area contributed by atoms with Crippen LogP contribution in [0.5, 0.6) is 0 Å². The number of thiophene rings is 1. The van der Waals surface area contributed by atoms with Crippen molar-refractivity contribution in [3.05, 3.63) is 58.3 Å². The van der Waals surface area contributed by atoms with Crippen LogP contribution in [0.3, 0.4) is 0 Å². The SMILES string of the molecule is O=C(Cc1ccsc1)C1(c2ccccc2)CCC1. The molecule has 1 saturated carbocycles. The van der Waals surface area contributed by atoms with Crippen LogP contribution < -0.4 is 0 Å². The first-order valence-corrected chi connectivity index (χ1v) is 7.35. The second-order valence-electron chi connectivity index (χ2n) is 5.03. The molecule has 1 aliphatic rings. The Morgan fingerprint density at radius 2 is 1.94 bits per heavy atom. The third-order valence-corrected chi connectivity index (χ3v) is 4.74. The average Bonchev–Trinajstić information content (AvgIpc) is 2.82. The summed E-state index contributed by atoms with van der Waals surface area (Å²) < 4.78 is 0. The molecule has 0 radical (unpaired) electrons. The number of hydrogen-bond donors (Lipinski definition) is 0. The first-order valence-electron chi connectivity index (χ1n) is 6.41. The van der Waals surface area contributed by atoms with Crippen molar-refractivity contribution in [3.63, 3.8) is 0 Å². The van der Waals surface area contributed by atoms with Gasteiger partial charge >= 0.3 is 0 Å². The number of carbonyl (C=O) groups is 1. The third-order valence-electron chi connectivity index (χ3n) is 4.01. The molecule has 92 valence electrons. The van der Waals surface area contributed by atoms with Gasteiger partial charge in [0.2, 0.25) is 0 Å². The summed E-state index contributed by atoms with van der Waals surface area (Å²) in [6.45, 7) is 0. The molecule has 0 N–H and O–H groups in total. The Balaban J connectivity index is 1.86. The number of ketones is 1. The minimum Gasteiger partial charge on any atom is -0.298 e. The lowest BCUT2D eigenvalue weighted by Gasteiger charge is -2.41. The van der Waals surface area contributed by atoms with Crippen LogP contribution in [0.1, 0.15) is 30.4 Å². The molecule has 0 saturated heterocycles. The fourth-order valence-electron chi connectivity index (χ4n) is 2.76. The highest BCUT2D eigenvalue weighted by Gasteiger charge is 2.44. The molecule has 1 fully saturated rings. The number of hydrogen-bond acceptors (Lipinski definition) is 2. The van der Waals surface area contributed by atoms with Crippen molar-refractivity contribution >= 4 is 17.1 Å². The summed E-state index contributed by atoms with van der Waals surface area (Å²) in [5, 5.41) is 4.12. The predicted molar refractivity (Wildman–Crippen MR) is 75.0 cm³/mol. The molecular formula is C16H16OS. The third kappa shape index (κ3) is 1.91. The Hall–Kier alpha value is -1.41. The summed E-state index contributed by atoms with van der Waals surface area (Å²) in [7, 11) is 0. The van der Waals surface area contributed by atoms with E-state index in [-0.39, 0.29) is 5.41 Å². The summed E-state index contributed by atoms with van der Waals surface area (Å²) in [5.41, 5.74) is 2.17. The van der Waals surface area contributed by atoms with Gasteiger partial charge in [-0.15, -0.1) is 0 Å². The predicted octanol–water partition coefficient (Wildman–Crippen LogP) is 3.98. The maximum atomic E-state index is 12.6. The first-order chi connectivity index (χ1) is 8.81. The Kier molecular flexibility index (Phi) is 3.04. The highest BCUT2D eigenvalue weighted by molar-refractivity contribution is 7.08. The normalized spacial score (nSPS) is 17.1. The van der Waals surface area contributed by atoms with Crippen molar-refractivity contribution in [3.8, 4) is 0 Å². The first kappa shape index (κ1) is 11.7. The van der Waals surface area contributed by atoms with Gasteiger partial charge < -0.3 is 0 Å². The summed E-state index contributed by atoms with van der Waals surface area (Å²) in [5.74, 6) is 0.387. The zero-order chi connectivity index (χ0) is 12.4. The largest absolute Gasteiger partial charge is 0.298 e. The molecular weight excluding hydrogens is 240 g/mol. The number of rotatable bonds is 4. The molecule has 0 amide bonds. The zero-order valence-electron chi connectivity index (χ0n) is 10.3. The summed E-state index contributed by atoms with van der Waals surface area (Å²) >= 11 is 1.66. The molecule has 1 heterocycles. The Bertz CT molecular complexity index is 523. The van der Waals surface area contributed by atoms with Crippen LogP contribution in [0.15, 0.2) is 47.2 Å². The van der Waals surface area contributed by atoms with Crippen LogP contribution in [-0.2, 0) is 16.6 Å². The quantitative estimate of drug-likeness (QED) is 0.808. The maximum Gasteiger partial charge on any atom is 0.147 e. The molecule has 1 aliphatic carbocycles. The van der Waals surface area contributed by atoms with E-state index >= 15 is 0 Å². The highest BCUT2D eigenvalue weighted by atomic mass is 32.1. The number of Topliss-reactive ketones (excluding diaryl/α,β-unsaturated/α-hetero) is 1. The van der Waals surface area contributed by atoms with Crippen LogP contribution in [0, 0.1) is 0 Å². The lowest BCUT2D eigenvalue weighted by atomic mass is 9.61. The van der Waals surface area contributed by atoms with Crippen LogP contribution in [0.25, 0.3) is 0 Å². The molecule has 0 unspecified atom stereocenters. The molecule has 1 aromatic heterocycles. The fraction of sp³-hybridized carbons (Fsp3) is 0.312. The standard InChI is InChI=1S/C16H16OS/c17-15(11-13-7-10-18-12-13)16(8-4-9-16)14-5-2-1-3-6-14/h1-3,5-7,10,12H,4,8-9,11H2. The fourth-order valence-corrected chi connectivity index (χ4v) is 3.43. The van der Waals surface area contributed by atoms with E-state index in [0.29, 0.717) is 12.2 Å². The van der Waals surface area contributed by atoms with Gasteiger partial charge in [-0.1, -0.05) is 36.8 Å². The van der Waals surface area contributed by atoms with Gasteiger partial charge in [-0.05, 0) is 40.8 Å². The zero-order valence-corrected chi connectivity index (χ0v) is 11.1. The second-order valence-corrected chi connectivity index (χ2v) is 5.81. The van der Waals surface area contributed by atoms with Crippen molar-refractivity contribution in [2.75, 3.05) is 0 Å². The molecule has 3 rings (SSSR count). The van der Waals surface area contributed by atoms with E-state index < -0.39 is 0 Å². The van der Waals surface area contributed by atoms with Gasteiger partial charge in [-0.25, -0.2) is 0 Å². The molecule has 2 heteroatoms. The Morgan fingerprint density at radius 3 is 2.50 bits per heavy atom. The molecule has 0 atom stereocenters. The van der Waals surface area contributed by atoms with Gasteiger partial charge in [0, 0.05) is 6.42 Å². The molecule has 1 nitrogen and oxygen atoms in total. The van der Waals surface area contributed by atoms with Crippen LogP contribution in [0.2, 0.25) is 0 Å². The van der Waals surface area contributed by atoms with E-state index in [1.165, 1.54) is 12.0 Å². The number of carbonyl (C=O) groups excluding carboxylic acids is 1. The lowest BCUT2D eigenvalue weighted by Crippen LogP contribution is -2.43. The van der Waals surface area contributed by atoms with E-state index in [2.05, 4.69) is 23.6 Å². The number of benzene rings is 1. The lowest BCUT2D eigenvalue weighted by molar-refractivity contribution is -0.127. The van der Waals surface area contributed by atoms with E-state index in [9.17, 15) is 4.79 Å². The van der Waals surface area contributed by atoms with E-state index in [4.69, 9.17) is 0 Å². The smallest absolute Gasteiger partial charge is 0.147 e. The average molecular weight is 256 g/mol. The van der Waals surface area contributed by atoms with Crippen molar-refractivity contribution < 1.29 is 4.79 Å². The molecule has 18 heavy (non-hydrogen) atoms. The molecule has 0 bridgehead atoms. The summed E-state index contributed by atoms with van der Waals surface area (Å²) in [6.07, 6.45) is 3.78. The molecule has 2 aromatic rings. The molecule has 0 aliphatic heterocycles. The minimum atomic E-state index is -0.191. The van der Waals surface area contributed by atoms with Crippen LogP contribution in [0.4, 0.5) is 0 Å². The van der Waals surface area contributed by atoms with Crippen molar-refractivity contribution in [1.29, 1.82) is 0 Å². The summed E-state index contributed by atoms with van der Waals surface area (Å²) in [4.78, 5) is 12.6. The van der Waals surface area contributed by atoms with E-state index in [0.717, 1.165) is 18.4 Å². The van der Waals surface area contributed by atoms with Crippen molar-refractivity contribution in [1.82, 2.24) is 0 Å². The van der Waals surface area contributed by atoms with Gasteiger partial charge in [0.05, 0.1) is 5.41 Å². The van der Waals surface area contributed by atoms with Gasteiger partial charge in [-0.3, -0.25) is 4.79 Å².